The van der Waals surface area contributed by atoms with E-state index in [0.717, 1.165) is 5.56 Å². The summed E-state index contributed by atoms with van der Waals surface area (Å²) in [5.74, 6) is 0.499. The lowest BCUT2D eigenvalue weighted by molar-refractivity contribution is -0.129. The minimum absolute atomic E-state index is 0.0365. The molecule has 1 aromatic heterocycles. The molecule has 10 heteroatoms. The summed E-state index contributed by atoms with van der Waals surface area (Å²) in [4.78, 5) is 25.3. The Balaban J connectivity index is 1.86. The zero-order valence-corrected chi connectivity index (χ0v) is 16.0. The van der Waals surface area contributed by atoms with Crippen molar-refractivity contribution in [2.24, 2.45) is 5.14 Å². The van der Waals surface area contributed by atoms with Crippen LogP contribution in [0.25, 0.3) is 0 Å². The van der Waals surface area contributed by atoms with E-state index >= 15 is 0 Å². The van der Waals surface area contributed by atoms with Crippen molar-refractivity contribution in [2.75, 3.05) is 18.4 Å². The van der Waals surface area contributed by atoms with E-state index in [1.807, 2.05) is 0 Å². The van der Waals surface area contributed by atoms with Gasteiger partial charge in [-0.3, -0.25) is 9.59 Å². The van der Waals surface area contributed by atoms with Crippen molar-refractivity contribution >= 4 is 27.7 Å². The first-order valence-electron chi connectivity index (χ1n) is 8.25. The van der Waals surface area contributed by atoms with Gasteiger partial charge in [-0.05, 0) is 31.0 Å². The number of nitrogens with one attached hydrogen (secondary N) is 1. The first-order valence-corrected chi connectivity index (χ1v) is 9.80. The average Bonchev–Trinajstić information content (AvgIpc) is 2.98. The Bertz CT molecular complexity index is 906. The Morgan fingerprint density at radius 3 is 2.41 bits per heavy atom. The molecule has 2 amide bonds. The summed E-state index contributed by atoms with van der Waals surface area (Å²) < 4.78 is 27.4. The third kappa shape index (κ3) is 6.50. The van der Waals surface area contributed by atoms with Crippen LogP contribution in [0.15, 0.2) is 39.8 Å². The van der Waals surface area contributed by atoms with E-state index in [-0.39, 0.29) is 29.7 Å². The number of nitrogens with zero attached hydrogens (tertiary/aromatic N) is 2. The van der Waals surface area contributed by atoms with Gasteiger partial charge in [-0.15, -0.1) is 0 Å². The molecule has 0 bridgehead atoms. The number of sulfonamides is 1. The van der Waals surface area contributed by atoms with E-state index < -0.39 is 10.0 Å². The lowest BCUT2D eigenvalue weighted by atomic mass is 10.1. The van der Waals surface area contributed by atoms with Gasteiger partial charge in [-0.2, -0.15) is 0 Å². The summed E-state index contributed by atoms with van der Waals surface area (Å²) in [5, 5.41) is 11.3. The fourth-order valence-corrected chi connectivity index (χ4v) is 2.92. The summed E-state index contributed by atoms with van der Waals surface area (Å²) >= 11 is 0. The molecule has 2 aromatic rings. The zero-order chi connectivity index (χ0) is 20.0. The smallest absolute Gasteiger partial charge is 0.238 e. The van der Waals surface area contributed by atoms with Crippen LogP contribution in [0.5, 0.6) is 0 Å². The minimum atomic E-state index is -3.73. The van der Waals surface area contributed by atoms with E-state index in [0.29, 0.717) is 24.5 Å². The number of nitrogens with two attached hydrogens (primary N) is 1. The van der Waals surface area contributed by atoms with E-state index in [2.05, 4.69) is 10.5 Å². The van der Waals surface area contributed by atoms with Crippen LogP contribution in [-0.4, -0.2) is 43.4 Å². The molecule has 1 aromatic carbocycles. The molecule has 3 N–H and O–H groups in total. The van der Waals surface area contributed by atoms with E-state index in [1.165, 1.54) is 19.1 Å². The van der Waals surface area contributed by atoms with Gasteiger partial charge in [0.15, 0.2) is 5.82 Å². The summed E-state index contributed by atoms with van der Waals surface area (Å²) in [6.07, 6.45) is 0.643. The Morgan fingerprint density at radius 1 is 1.22 bits per heavy atom. The Kier molecular flexibility index (Phi) is 6.70. The highest BCUT2D eigenvalue weighted by atomic mass is 32.2. The van der Waals surface area contributed by atoms with E-state index in [9.17, 15) is 18.0 Å². The van der Waals surface area contributed by atoms with Gasteiger partial charge >= 0.3 is 0 Å². The number of hydrogen-bond donors (Lipinski definition) is 2. The van der Waals surface area contributed by atoms with Crippen molar-refractivity contribution in [3.8, 4) is 0 Å². The van der Waals surface area contributed by atoms with Crippen LogP contribution in [0.3, 0.4) is 0 Å². The van der Waals surface area contributed by atoms with Gasteiger partial charge in [-0.1, -0.05) is 17.3 Å². The molecule has 0 aliphatic heterocycles. The fourth-order valence-electron chi connectivity index (χ4n) is 2.40. The molecule has 27 heavy (non-hydrogen) atoms. The molecular weight excluding hydrogens is 372 g/mol. The molecule has 2 rings (SSSR count). The molecule has 0 atom stereocenters. The maximum absolute atomic E-state index is 12.0. The first kappa shape index (κ1) is 20.6. The average molecular weight is 394 g/mol. The van der Waals surface area contributed by atoms with Crippen molar-refractivity contribution in [3.63, 3.8) is 0 Å². The van der Waals surface area contributed by atoms with Crippen LogP contribution < -0.4 is 10.5 Å². The quantitative estimate of drug-likeness (QED) is 0.687. The third-order valence-corrected chi connectivity index (χ3v) is 4.80. The summed E-state index contributed by atoms with van der Waals surface area (Å²) in [6.45, 7) is 3.81. The van der Waals surface area contributed by atoms with Gasteiger partial charge in [0, 0.05) is 32.5 Å². The normalized spacial score (nSPS) is 11.2. The lowest BCUT2D eigenvalue weighted by Gasteiger charge is -2.20. The number of anilines is 1. The molecule has 0 aliphatic carbocycles. The number of aromatic nitrogens is 1. The number of benzene rings is 1. The molecule has 0 spiro atoms. The second-order valence-corrected chi connectivity index (χ2v) is 7.63. The number of rotatable bonds is 8. The Hall–Kier alpha value is -2.72. The molecule has 0 radical (unpaired) electrons. The van der Waals surface area contributed by atoms with Crippen molar-refractivity contribution in [3.05, 3.63) is 41.7 Å². The van der Waals surface area contributed by atoms with Crippen LogP contribution in [0.4, 0.5) is 5.82 Å². The number of carbonyl (C=O) groups is 2. The predicted molar refractivity (Wildman–Crippen MR) is 98.3 cm³/mol. The molecule has 0 aliphatic rings. The lowest BCUT2D eigenvalue weighted by Crippen LogP contribution is -2.33. The van der Waals surface area contributed by atoms with Crippen LogP contribution >= 0.6 is 0 Å². The van der Waals surface area contributed by atoms with Gasteiger partial charge in [0.2, 0.25) is 21.8 Å². The SMILES string of the molecule is CC(=O)N(CCC(=O)Nc1cc(C)on1)CCc1ccc(S(N)(=O)=O)cc1. The highest BCUT2D eigenvalue weighted by molar-refractivity contribution is 7.89. The summed E-state index contributed by atoms with van der Waals surface area (Å²) in [5.41, 5.74) is 0.858. The van der Waals surface area contributed by atoms with Crippen molar-refractivity contribution < 1.29 is 22.5 Å². The monoisotopic (exact) mass is 394 g/mol. The van der Waals surface area contributed by atoms with Gasteiger partial charge in [0.25, 0.3) is 0 Å². The summed E-state index contributed by atoms with van der Waals surface area (Å²) in [7, 11) is -3.73. The minimum Gasteiger partial charge on any atom is -0.360 e. The molecule has 0 saturated heterocycles. The number of aryl methyl sites for hydroxylation is 1. The Labute approximate surface area is 157 Å². The standard InChI is InChI=1S/C17H22N4O5S/c1-12-11-16(20-26-12)19-17(23)8-10-21(13(2)22)9-7-14-3-5-15(6-4-14)27(18,24)25/h3-6,11H,7-10H2,1-2H3,(H2,18,24,25)(H,19,20,23). The van der Waals surface area contributed by atoms with Gasteiger partial charge in [0.1, 0.15) is 5.76 Å². The highest BCUT2D eigenvalue weighted by Gasteiger charge is 2.13. The topological polar surface area (TPSA) is 136 Å². The largest absolute Gasteiger partial charge is 0.360 e. The maximum atomic E-state index is 12.0. The number of hydrogen-bond acceptors (Lipinski definition) is 6. The second kappa shape index (κ2) is 8.78. The van der Waals surface area contributed by atoms with Crippen LogP contribution in [0, 0.1) is 6.92 Å². The summed E-state index contributed by atoms with van der Waals surface area (Å²) in [6, 6.07) is 7.76. The third-order valence-electron chi connectivity index (χ3n) is 3.87. The fraction of sp³-hybridized carbons (Fsp3) is 0.353. The predicted octanol–water partition coefficient (Wildman–Crippen LogP) is 1.05. The van der Waals surface area contributed by atoms with Crippen LogP contribution in [0.2, 0.25) is 0 Å². The van der Waals surface area contributed by atoms with E-state index in [4.69, 9.17) is 9.66 Å². The molecule has 146 valence electrons. The zero-order valence-electron chi connectivity index (χ0n) is 15.1. The van der Waals surface area contributed by atoms with Crippen molar-refractivity contribution in [2.45, 2.75) is 31.6 Å². The van der Waals surface area contributed by atoms with Crippen LogP contribution in [-0.2, 0) is 26.0 Å². The molecular formula is C17H22N4O5S. The first-order chi connectivity index (χ1) is 12.6. The number of amides is 2. The van der Waals surface area contributed by atoms with Gasteiger partial charge < -0.3 is 14.7 Å². The van der Waals surface area contributed by atoms with Crippen LogP contribution in [0.1, 0.15) is 24.7 Å². The molecule has 0 fully saturated rings. The van der Waals surface area contributed by atoms with E-state index in [1.54, 1.807) is 30.0 Å². The van der Waals surface area contributed by atoms with Crippen molar-refractivity contribution in [1.29, 1.82) is 0 Å². The van der Waals surface area contributed by atoms with Gasteiger partial charge in [0.05, 0.1) is 4.90 Å². The second-order valence-electron chi connectivity index (χ2n) is 6.07. The molecule has 9 nitrogen and oxygen atoms in total. The Morgan fingerprint density at radius 2 is 1.89 bits per heavy atom. The molecule has 0 saturated carbocycles. The molecule has 0 unspecified atom stereocenters. The van der Waals surface area contributed by atoms with Gasteiger partial charge in [-0.25, -0.2) is 13.6 Å². The number of carbonyl (C=O) groups excluding carboxylic acids is 2. The van der Waals surface area contributed by atoms with Crippen molar-refractivity contribution in [1.82, 2.24) is 10.1 Å². The highest BCUT2D eigenvalue weighted by Crippen LogP contribution is 2.11. The number of primary sulfonamides is 1. The maximum Gasteiger partial charge on any atom is 0.238 e. The molecule has 1 heterocycles.